The summed E-state index contributed by atoms with van der Waals surface area (Å²) in [6.45, 7) is 8.28. The van der Waals surface area contributed by atoms with Crippen LogP contribution in [0.25, 0.3) is 0 Å². The molecule has 3 unspecified atom stereocenters. The fraction of sp³-hybridized carbons (Fsp3) is 0.765. The van der Waals surface area contributed by atoms with Gasteiger partial charge in [0.2, 0.25) is 0 Å². The lowest BCUT2D eigenvalue weighted by atomic mass is 9.89. The summed E-state index contributed by atoms with van der Waals surface area (Å²) in [6, 6.07) is 0. The van der Waals surface area contributed by atoms with Crippen molar-refractivity contribution in [2.24, 2.45) is 5.92 Å². The Morgan fingerprint density at radius 1 is 0.769 bits per heavy atom. The average molecular weight is 374 g/mol. The summed E-state index contributed by atoms with van der Waals surface area (Å²) in [5, 5.41) is 0. The third kappa shape index (κ3) is 6.29. The van der Waals surface area contributed by atoms with Gasteiger partial charge in [0.1, 0.15) is 18.8 Å². The molecular formula is C17H26O9. The van der Waals surface area contributed by atoms with Gasteiger partial charge in [0.25, 0.3) is 0 Å². The van der Waals surface area contributed by atoms with Gasteiger partial charge in [-0.15, -0.1) is 0 Å². The van der Waals surface area contributed by atoms with E-state index in [1.807, 2.05) is 13.8 Å². The lowest BCUT2D eigenvalue weighted by Gasteiger charge is -2.45. The highest BCUT2D eigenvalue weighted by molar-refractivity contribution is 5.68. The average Bonchev–Trinajstić information content (AvgIpc) is 2.47. The lowest BCUT2D eigenvalue weighted by Crippen LogP contribution is -2.63. The Labute approximate surface area is 152 Å². The molecule has 0 aromatic rings. The van der Waals surface area contributed by atoms with Crippen molar-refractivity contribution in [3.05, 3.63) is 0 Å². The lowest BCUT2D eigenvalue weighted by molar-refractivity contribution is -0.258. The van der Waals surface area contributed by atoms with E-state index < -0.39 is 54.4 Å². The predicted octanol–water partition coefficient (Wildman–Crippen LogP) is 0.768. The maximum absolute atomic E-state index is 11.6. The Morgan fingerprint density at radius 2 is 1.23 bits per heavy atom. The van der Waals surface area contributed by atoms with Gasteiger partial charge in [0.15, 0.2) is 18.3 Å². The van der Waals surface area contributed by atoms with E-state index >= 15 is 0 Å². The van der Waals surface area contributed by atoms with Gasteiger partial charge in [-0.1, -0.05) is 13.8 Å². The minimum absolute atomic E-state index is 0.129. The van der Waals surface area contributed by atoms with Crippen molar-refractivity contribution in [1.29, 1.82) is 0 Å². The first-order valence-electron chi connectivity index (χ1n) is 8.33. The molecule has 1 rings (SSSR count). The van der Waals surface area contributed by atoms with Crippen LogP contribution in [0, 0.1) is 5.92 Å². The summed E-state index contributed by atoms with van der Waals surface area (Å²) in [5.74, 6) is -2.55. The second-order valence-corrected chi connectivity index (χ2v) is 6.41. The van der Waals surface area contributed by atoms with Gasteiger partial charge in [-0.3, -0.25) is 19.2 Å². The van der Waals surface area contributed by atoms with Crippen molar-refractivity contribution in [1.82, 2.24) is 0 Å². The Morgan fingerprint density at radius 3 is 1.65 bits per heavy atom. The van der Waals surface area contributed by atoms with E-state index in [1.54, 1.807) is 0 Å². The molecule has 0 spiro atoms. The Hall–Kier alpha value is -2.16. The van der Waals surface area contributed by atoms with Crippen LogP contribution >= 0.6 is 0 Å². The molecule has 9 nitrogen and oxygen atoms in total. The molecule has 1 aliphatic heterocycles. The van der Waals surface area contributed by atoms with Gasteiger partial charge in [0, 0.05) is 27.7 Å². The first kappa shape index (κ1) is 21.9. The molecule has 0 bridgehead atoms. The summed E-state index contributed by atoms with van der Waals surface area (Å²) in [4.78, 5) is 45.8. The van der Waals surface area contributed by atoms with Crippen LogP contribution in [0.2, 0.25) is 0 Å². The number of ether oxygens (including phenoxy) is 5. The number of esters is 4. The maximum Gasteiger partial charge on any atom is 0.303 e. The molecule has 0 aromatic heterocycles. The van der Waals surface area contributed by atoms with Crippen molar-refractivity contribution in [2.45, 2.75) is 72.1 Å². The molecule has 26 heavy (non-hydrogen) atoms. The first-order chi connectivity index (χ1) is 12.0. The number of rotatable bonds is 6. The molecule has 1 heterocycles. The zero-order valence-corrected chi connectivity index (χ0v) is 15.8. The van der Waals surface area contributed by atoms with Crippen molar-refractivity contribution in [3.8, 4) is 0 Å². The minimum Gasteiger partial charge on any atom is -0.463 e. The molecule has 0 aliphatic carbocycles. The highest BCUT2D eigenvalue weighted by Crippen LogP contribution is 2.32. The second-order valence-electron chi connectivity index (χ2n) is 6.41. The van der Waals surface area contributed by atoms with Gasteiger partial charge in [-0.2, -0.15) is 0 Å². The van der Waals surface area contributed by atoms with E-state index in [1.165, 1.54) is 27.7 Å². The summed E-state index contributed by atoms with van der Waals surface area (Å²) in [7, 11) is 0. The molecule has 1 saturated heterocycles. The van der Waals surface area contributed by atoms with E-state index in [0.29, 0.717) is 0 Å². The summed E-state index contributed by atoms with van der Waals surface area (Å²) >= 11 is 0. The third-order valence-corrected chi connectivity index (χ3v) is 3.68. The highest BCUT2D eigenvalue weighted by Gasteiger charge is 2.52. The fourth-order valence-electron chi connectivity index (χ4n) is 2.80. The Balaban J connectivity index is 3.27. The van der Waals surface area contributed by atoms with Crippen molar-refractivity contribution in [2.75, 3.05) is 6.61 Å². The van der Waals surface area contributed by atoms with Crippen LogP contribution in [0.15, 0.2) is 0 Å². The van der Waals surface area contributed by atoms with Crippen LogP contribution in [-0.4, -0.2) is 61.0 Å². The minimum atomic E-state index is -1.10. The molecule has 148 valence electrons. The smallest absolute Gasteiger partial charge is 0.303 e. The van der Waals surface area contributed by atoms with Crippen LogP contribution in [0.5, 0.6) is 0 Å². The molecule has 0 saturated carbocycles. The van der Waals surface area contributed by atoms with Crippen molar-refractivity contribution >= 4 is 23.9 Å². The Bertz CT molecular complexity index is 542. The van der Waals surface area contributed by atoms with Crippen LogP contribution in [0.4, 0.5) is 0 Å². The highest BCUT2D eigenvalue weighted by atomic mass is 16.7. The zero-order valence-electron chi connectivity index (χ0n) is 15.8. The number of hydrogen-bond donors (Lipinski definition) is 0. The predicted molar refractivity (Wildman–Crippen MR) is 86.8 cm³/mol. The maximum atomic E-state index is 11.6. The summed E-state index contributed by atoms with van der Waals surface area (Å²) < 4.78 is 26.8. The molecule has 1 fully saturated rings. The van der Waals surface area contributed by atoms with Gasteiger partial charge in [-0.25, -0.2) is 0 Å². The van der Waals surface area contributed by atoms with Gasteiger partial charge < -0.3 is 23.7 Å². The van der Waals surface area contributed by atoms with Crippen molar-refractivity contribution in [3.63, 3.8) is 0 Å². The van der Waals surface area contributed by atoms with Gasteiger partial charge in [0.05, 0.1) is 0 Å². The standard InChI is InChI=1S/C17H26O9/c1-8(2)14-16(24-11(5)20)17(25-12(6)21)15(23-10(4)19)13(26-14)7-22-9(3)18/h8,13-17H,7H2,1-6H3/t13?,14-,15-,16?,17?/m1/s1. The molecular weight excluding hydrogens is 348 g/mol. The monoisotopic (exact) mass is 374 g/mol. The fourth-order valence-corrected chi connectivity index (χ4v) is 2.80. The van der Waals surface area contributed by atoms with Crippen LogP contribution in [0.1, 0.15) is 41.5 Å². The van der Waals surface area contributed by atoms with E-state index in [2.05, 4.69) is 0 Å². The van der Waals surface area contributed by atoms with E-state index in [0.717, 1.165) is 0 Å². The Kier molecular flexibility index (Phi) is 8.01. The topological polar surface area (TPSA) is 114 Å². The summed E-state index contributed by atoms with van der Waals surface area (Å²) in [6.07, 6.45) is -4.71. The number of carbonyl (C=O) groups excluding carboxylic acids is 4. The summed E-state index contributed by atoms with van der Waals surface area (Å²) in [5.41, 5.74) is 0. The number of carbonyl (C=O) groups is 4. The van der Waals surface area contributed by atoms with Crippen LogP contribution < -0.4 is 0 Å². The SMILES string of the molecule is CC(=O)OCC1O[C@H](C(C)C)C(OC(C)=O)C(OC(C)=O)[C@@H]1OC(C)=O. The van der Waals surface area contributed by atoms with E-state index in [4.69, 9.17) is 23.7 Å². The molecule has 0 amide bonds. The van der Waals surface area contributed by atoms with Crippen LogP contribution in [0.3, 0.4) is 0 Å². The van der Waals surface area contributed by atoms with Crippen molar-refractivity contribution < 1.29 is 42.9 Å². The molecule has 5 atom stereocenters. The third-order valence-electron chi connectivity index (χ3n) is 3.68. The van der Waals surface area contributed by atoms with E-state index in [9.17, 15) is 19.2 Å². The normalized spacial score (nSPS) is 28.2. The van der Waals surface area contributed by atoms with Gasteiger partial charge in [-0.05, 0) is 5.92 Å². The second kappa shape index (κ2) is 9.51. The number of hydrogen-bond acceptors (Lipinski definition) is 9. The zero-order chi connectivity index (χ0) is 20.0. The van der Waals surface area contributed by atoms with E-state index in [-0.39, 0.29) is 12.5 Å². The molecule has 0 N–H and O–H groups in total. The first-order valence-corrected chi connectivity index (χ1v) is 8.33. The largest absolute Gasteiger partial charge is 0.463 e. The van der Waals surface area contributed by atoms with Gasteiger partial charge >= 0.3 is 23.9 Å². The molecule has 0 radical (unpaired) electrons. The van der Waals surface area contributed by atoms with Crippen LogP contribution in [-0.2, 0) is 42.9 Å². The molecule has 1 aliphatic rings. The molecule has 0 aromatic carbocycles. The quantitative estimate of drug-likeness (QED) is 0.491. The molecule has 9 heteroatoms.